The number of carbonyl (C=O) groups excluding carboxylic acids is 13. The van der Waals surface area contributed by atoms with Crippen molar-refractivity contribution in [3.05, 3.63) is 54.1 Å². The average molecular weight is 1500 g/mol. The summed E-state index contributed by atoms with van der Waals surface area (Å²) in [6, 6.07) is -7.25. The molecule has 4 aliphatic heterocycles. The molecule has 0 aliphatic carbocycles. The molecule has 13 amide bonds. The number of nitrogens with one attached hydrogen (secondary N) is 11. The third-order valence-electron chi connectivity index (χ3n) is 18.5. The Labute approximate surface area is 619 Å². The molecule has 106 heavy (non-hydrogen) atoms. The average Bonchev–Trinajstić information content (AvgIpc) is 1.57. The summed E-state index contributed by atoms with van der Waals surface area (Å²) < 4.78 is 0. The minimum absolute atomic E-state index is 0.0127. The molecule has 0 spiro atoms. The number of carboxylic acid groups (broad SMARTS) is 1. The monoisotopic (exact) mass is 1500 g/mol. The Bertz CT molecular complexity index is 3430. The summed E-state index contributed by atoms with van der Waals surface area (Å²) in [4.78, 5) is 218. The highest BCUT2D eigenvalue weighted by Gasteiger charge is 2.43. The molecule has 5 heterocycles. The summed E-state index contributed by atoms with van der Waals surface area (Å²) in [6.07, 6.45) is 5.98. The first kappa shape index (κ1) is 84.8. The van der Waals surface area contributed by atoms with E-state index in [1.165, 1.54) is 29.2 Å². The van der Waals surface area contributed by atoms with Crippen molar-refractivity contribution >= 4 is 106 Å². The van der Waals surface area contributed by atoms with Crippen molar-refractivity contribution in [2.45, 2.75) is 209 Å². The fraction of sp³-hybridized carbons (Fsp3) is 0.632. The molecule has 12 atom stereocenters. The van der Waals surface area contributed by atoms with Gasteiger partial charge in [0.15, 0.2) is 11.9 Å². The minimum Gasteiger partial charge on any atom is -0.480 e. The van der Waals surface area contributed by atoms with Gasteiger partial charge in [-0.15, -0.1) is 0 Å². The zero-order valence-corrected chi connectivity index (χ0v) is 61.4. The number of thioether (sulfide) groups is 1. The molecule has 38 heteroatoms. The van der Waals surface area contributed by atoms with E-state index in [0.29, 0.717) is 36.9 Å². The Kier molecular flexibility index (Phi) is 34.2. The lowest BCUT2D eigenvalue weighted by molar-refractivity contribution is -0.144. The molecule has 0 radical (unpaired) electrons. The van der Waals surface area contributed by atoms with Crippen LogP contribution in [0.5, 0.6) is 0 Å². The molecule has 4 fully saturated rings. The number of aliphatic carboxylic acids is 1. The van der Waals surface area contributed by atoms with Crippen molar-refractivity contribution < 1.29 is 72.2 Å². The van der Waals surface area contributed by atoms with Crippen LogP contribution >= 0.6 is 11.8 Å². The standard InChI is InChI=1S/C68H106N22O15S/c1-38(2)31-47(85-56(94)43(18-10-26-75-67(70)71)82-62(100)51-22-14-30-89(51)65(103)46(19-11-27-76-68(72)73)84-58(96)45-23-24-53(91)80-45)59(97)79-39(3)64(102)90-29-12-20-44(57(95)87-49(36-106-4)60(98)86-48(66(104)105)32-40-15-6-5-7-16-40)83-61(99)50-21-13-28-88(50)54(92)35-77-55(93)42(17-8-9-25-69)81-63(101)52(90)33-41-34-74-37-78-41/h5-7,15-16,34,37-39,42-52H,8-14,17-33,35-36,69H2,1-4H3,(H,74,78)(H,77,93)(H,79,97)(H,80,91)(H,81,101)(H,82,100)(H,83,99)(H,84,96)(H,85,94)(H,86,98)(H,87,95)(H,104,105)(H4,70,71,75)(H4,72,73,76)/t39-,42-,43-,44-,45-,46-,47-,48-,49-,50-,51-,52-/m0/s1. The third-order valence-corrected chi connectivity index (χ3v) is 19.2. The third kappa shape index (κ3) is 26.5. The quantitative estimate of drug-likeness (QED) is 0.0175. The minimum atomic E-state index is -1.54. The first-order valence-electron chi connectivity index (χ1n) is 36.0. The van der Waals surface area contributed by atoms with Gasteiger partial charge in [-0.05, 0) is 128 Å². The van der Waals surface area contributed by atoms with Gasteiger partial charge < -0.3 is 107 Å². The summed E-state index contributed by atoms with van der Waals surface area (Å²) in [6.45, 7) is 4.45. The molecule has 584 valence electrons. The molecular weight excluding hydrogens is 1400 g/mol. The molecule has 0 bridgehead atoms. The topological polar surface area (TPSA) is 573 Å². The number of carbonyl (C=O) groups is 14. The highest BCUT2D eigenvalue weighted by molar-refractivity contribution is 7.98. The molecular formula is C68H106N22O15S. The Morgan fingerprint density at radius 3 is 1.89 bits per heavy atom. The predicted octanol–water partition coefficient (Wildman–Crippen LogP) is -4.81. The molecule has 2 aromatic rings. The summed E-state index contributed by atoms with van der Waals surface area (Å²) in [5.41, 5.74) is 29.1. The van der Waals surface area contributed by atoms with E-state index in [9.17, 15) is 62.6 Å². The number of amides is 13. The number of benzene rings is 1. The highest BCUT2D eigenvalue weighted by Crippen LogP contribution is 2.23. The highest BCUT2D eigenvalue weighted by atomic mass is 32.2. The number of imidazole rings is 1. The maximum Gasteiger partial charge on any atom is 0.326 e. The van der Waals surface area contributed by atoms with Crippen LogP contribution in [0.2, 0.25) is 0 Å². The van der Waals surface area contributed by atoms with Crippen molar-refractivity contribution in [1.82, 2.24) is 77.8 Å². The van der Waals surface area contributed by atoms with Crippen LogP contribution in [0, 0.1) is 5.92 Å². The van der Waals surface area contributed by atoms with E-state index in [2.05, 4.69) is 73.1 Å². The molecule has 4 saturated heterocycles. The van der Waals surface area contributed by atoms with Gasteiger partial charge in [-0.25, -0.2) is 9.78 Å². The fourth-order valence-corrected chi connectivity index (χ4v) is 13.6. The number of rotatable bonds is 35. The molecule has 1 aromatic carbocycles. The molecule has 0 unspecified atom stereocenters. The number of H-pyrrole nitrogens is 1. The lowest BCUT2D eigenvalue weighted by Crippen LogP contribution is -2.61. The van der Waals surface area contributed by atoms with Crippen LogP contribution in [0.3, 0.4) is 0 Å². The van der Waals surface area contributed by atoms with Gasteiger partial charge in [0.25, 0.3) is 0 Å². The van der Waals surface area contributed by atoms with Crippen molar-refractivity contribution in [2.75, 3.05) is 57.8 Å². The number of guanidine groups is 2. The largest absolute Gasteiger partial charge is 0.480 e. The molecule has 1 aromatic heterocycles. The number of aliphatic imine (C=N–C) groups is 2. The van der Waals surface area contributed by atoms with E-state index in [1.807, 2.05) is 0 Å². The van der Waals surface area contributed by atoms with Gasteiger partial charge in [-0.2, -0.15) is 11.8 Å². The Morgan fingerprint density at radius 1 is 0.651 bits per heavy atom. The second kappa shape index (κ2) is 42.7. The zero-order chi connectivity index (χ0) is 77.6. The number of nitrogens with two attached hydrogens (primary N) is 5. The second-order valence-electron chi connectivity index (χ2n) is 27.2. The lowest BCUT2D eigenvalue weighted by Gasteiger charge is -2.35. The number of aromatic amines is 1. The van der Waals surface area contributed by atoms with Crippen molar-refractivity contribution in [3.63, 3.8) is 0 Å². The molecule has 4 aliphatic rings. The van der Waals surface area contributed by atoms with Gasteiger partial charge in [0.1, 0.15) is 72.5 Å². The molecule has 37 nitrogen and oxygen atoms in total. The number of fused-ring (bicyclic) bond motifs is 1. The number of hydrogen-bond acceptors (Lipinski definition) is 19. The Balaban J connectivity index is 1.31. The number of hydrogen-bond donors (Lipinski definition) is 17. The van der Waals surface area contributed by atoms with Crippen LogP contribution in [0.15, 0.2) is 52.8 Å². The van der Waals surface area contributed by atoms with Gasteiger partial charge in [0.05, 0.1) is 12.9 Å². The molecule has 22 N–H and O–H groups in total. The van der Waals surface area contributed by atoms with Gasteiger partial charge in [0, 0.05) is 69.6 Å². The van der Waals surface area contributed by atoms with Crippen molar-refractivity contribution in [2.24, 2.45) is 44.6 Å². The fourth-order valence-electron chi connectivity index (χ4n) is 13.1. The van der Waals surface area contributed by atoms with Gasteiger partial charge in [0.2, 0.25) is 76.8 Å². The first-order valence-corrected chi connectivity index (χ1v) is 37.4. The number of unbranched alkanes of at least 4 members (excludes halogenated alkanes) is 1. The summed E-state index contributed by atoms with van der Waals surface area (Å²) in [7, 11) is 0. The van der Waals surface area contributed by atoms with Gasteiger partial charge in [-0.1, -0.05) is 44.2 Å². The number of likely N-dealkylation sites (tertiary alicyclic amines) is 1. The van der Waals surface area contributed by atoms with Gasteiger partial charge in [-0.3, -0.25) is 72.3 Å². The van der Waals surface area contributed by atoms with E-state index in [-0.39, 0.29) is 152 Å². The van der Waals surface area contributed by atoms with E-state index in [4.69, 9.17) is 28.7 Å². The van der Waals surface area contributed by atoms with E-state index in [0.717, 1.165) is 16.7 Å². The summed E-state index contributed by atoms with van der Waals surface area (Å²) >= 11 is 1.16. The number of carboxylic acids is 1. The van der Waals surface area contributed by atoms with Crippen LogP contribution in [-0.4, -0.2) is 255 Å². The zero-order valence-electron chi connectivity index (χ0n) is 60.6. The van der Waals surface area contributed by atoms with Crippen molar-refractivity contribution in [1.29, 1.82) is 0 Å². The van der Waals surface area contributed by atoms with Crippen LogP contribution < -0.4 is 81.8 Å². The number of aromatic nitrogens is 2. The van der Waals surface area contributed by atoms with Crippen LogP contribution in [0.25, 0.3) is 0 Å². The Morgan fingerprint density at radius 2 is 1.26 bits per heavy atom. The van der Waals surface area contributed by atoms with Crippen LogP contribution in [-0.2, 0) is 80.0 Å². The maximum absolute atomic E-state index is 15.6. The van der Waals surface area contributed by atoms with E-state index >= 15 is 9.59 Å². The van der Waals surface area contributed by atoms with E-state index in [1.54, 1.807) is 50.4 Å². The van der Waals surface area contributed by atoms with Gasteiger partial charge >= 0.3 is 5.97 Å². The molecule has 0 saturated carbocycles. The summed E-state index contributed by atoms with van der Waals surface area (Å²) in [5, 5.41) is 37.1. The SMILES string of the molecule is CSC[C@H](NC(=O)[C@@H]1CCCN(C(=O)[C@H](C)NC(=O)[C@H](CC(C)C)NC(=O)[C@H](CCCN=C(N)N)NC(=O)[C@@H]2CCCN2C(=O)[C@H](CCCN=C(N)N)NC(=O)[C@@H]2CCC(=O)N2)[C@@H](Cc2cnc[nH]2)C(=O)N[C@@H](CCCCN)C(=O)NCC(=O)N2CCC[C@H]2C(=O)N1)C(=O)N[C@@H](Cc1ccccc1)C(=O)O. The smallest absolute Gasteiger partial charge is 0.326 e. The maximum atomic E-state index is 15.6. The Hall–Kier alpha value is -10.1. The number of nitrogens with zero attached hydrogens (tertiary/aromatic N) is 6. The lowest BCUT2D eigenvalue weighted by atomic mass is 10.0. The van der Waals surface area contributed by atoms with Crippen molar-refractivity contribution in [3.8, 4) is 0 Å². The summed E-state index contributed by atoms with van der Waals surface area (Å²) in [5.74, 6) is -11.8. The predicted molar refractivity (Wildman–Crippen MR) is 390 cm³/mol. The second-order valence-corrected chi connectivity index (χ2v) is 28.1. The molecule has 6 rings (SSSR count). The van der Waals surface area contributed by atoms with Crippen LogP contribution in [0.4, 0.5) is 0 Å². The first-order chi connectivity index (χ1) is 50.6. The van der Waals surface area contributed by atoms with Crippen LogP contribution in [0.1, 0.15) is 135 Å². The van der Waals surface area contributed by atoms with E-state index < -0.39 is 162 Å². The normalized spacial score (nSPS) is 21.2.